The average molecular weight is 499 g/mol. The molecule has 0 aliphatic heterocycles. The predicted molar refractivity (Wildman–Crippen MR) is 161 cm³/mol. The van der Waals surface area contributed by atoms with Crippen LogP contribution in [0.2, 0.25) is 0 Å². The summed E-state index contributed by atoms with van der Waals surface area (Å²) >= 11 is 0. The highest BCUT2D eigenvalue weighted by molar-refractivity contribution is 5.24. The first-order valence-corrected chi connectivity index (χ1v) is 14.9. The predicted octanol–water partition coefficient (Wildman–Crippen LogP) is 10.00. The van der Waals surface area contributed by atoms with Crippen molar-refractivity contribution in [2.75, 3.05) is 6.61 Å². The molecule has 3 rings (SSSR count). The van der Waals surface area contributed by atoms with Crippen LogP contribution in [0.3, 0.4) is 0 Å². The molecule has 37 heavy (non-hydrogen) atoms. The number of unbranched alkanes of at least 4 members (excludes halogenated alkanes) is 2. The SMILES string of the molecule is C=CCCCc1ccc(C/C=C/CC2CCC(CCCCc3ccc(COCCC=C)cc3)CC2)cc1. The van der Waals surface area contributed by atoms with Crippen LogP contribution < -0.4 is 0 Å². The van der Waals surface area contributed by atoms with E-state index in [9.17, 15) is 0 Å². The zero-order valence-electron chi connectivity index (χ0n) is 23.2. The molecule has 200 valence electrons. The van der Waals surface area contributed by atoms with Gasteiger partial charge < -0.3 is 4.74 Å². The minimum Gasteiger partial charge on any atom is -0.376 e. The largest absolute Gasteiger partial charge is 0.376 e. The van der Waals surface area contributed by atoms with Crippen LogP contribution in [-0.4, -0.2) is 6.61 Å². The second-order valence-corrected chi connectivity index (χ2v) is 11.0. The second kappa shape index (κ2) is 18.0. The summed E-state index contributed by atoms with van der Waals surface area (Å²) in [5, 5.41) is 0. The molecular formula is C36H50O. The molecule has 0 atom stereocenters. The third kappa shape index (κ3) is 12.1. The topological polar surface area (TPSA) is 9.23 Å². The molecule has 1 fully saturated rings. The Balaban J connectivity index is 1.22. The zero-order chi connectivity index (χ0) is 26.0. The van der Waals surface area contributed by atoms with E-state index in [0.29, 0.717) is 6.61 Å². The maximum absolute atomic E-state index is 5.66. The van der Waals surface area contributed by atoms with Crippen molar-refractivity contribution >= 4 is 0 Å². The van der Waals surface area contributed by atoms with Gasteiger partial charge in [-0.05, 0) is 98.3 Å². The number of ether oxygens (including phenoxy) is 1. The molecule has 0 saturated heterocycles. The zero-order valence-corrected chi connectivity index (χ0v) is 23.2. The summed E-state index contributed by atoms with van der Waals surface area (Å²) in [5.74, 6) is 1.86. The summed E-state index contributed by atoms with van der Waals surface area (Å²) in [6.07, 6.45) is 26.5. The van der Waals surface area contributed by atoms with Crippen LogP contribution >= 0.6 is 0 Å². The van der Waals surface area contributed by atoms with Crippen molar-refractivity contribution in [3.8, 4) is 0 Å². The molecule has 0 bridgehead atoms. The quantitative estimate of drug-likeness (QED) is 0.147. The van der Waals surface area contributed by atoms with Crippen LogP contribution in [0.15, 0.2) is 86.0 Å². The number of benzene rings is 2. The minimum atomic E-state index is 0.706. The molecule has 2 aromatic carbocycles. The highest BCUT2D eigenvalue weighted by atomic mass is 16.5. The van der Waals surface area contributed by atoms with Gasteiger partial charge in [-0.25, -0.2) is 0 Å². The van der Waals surface area contributed by atoms with Crippen LogP contribution in [0.25, 0.3) is 0 Å². The Morgan fingerprint density at radius 1 is 0.649 bits per heavy atom. The first-order valence-electron chi connectivity index (χ1n) is 14.9. The second-order valence-electron chi connectivity index (χ2n) is 11.0. The Bertz CT molecular complexity index is 897. The van der Waals surface area contributed by atoms with Gasteiger partial charge in [-0.3, -0.25) is 0 Å². The lowest BCUT2D eigenvalue weighted by Crippen LogP contribution is -2.14. The summed E-state index contributed by atoms with van der Waals surface area (Å²) in [6.45, 7) is 9.01. The number of rotatable bonds is 18. The van der Waals surface area contributed by atoms with Gasteiger partial charge >= 0.3 is 0 Å². The summed E-state index contributed by atoms with van der Waals surface area (Å²) in [6, 6.07) is 18.2. The number of allylic oxidation sites excluding steroid dienone is 3. The Kier molecular flexibility index (Phi) is 14.2. The summed E-state index contributed by atoms with van der Waals surface area (Å²) in [4.78, 5) is 0. The smallest absolute Gasteiger partial charge is 0.0717 e. The van der Waals surface area contributed by atoms with Crippen molar-refractivity contribution in [3.63, 3.8) is 0 Å². The van der Waals surface area contributed by atoms with E-state index in [1.165, 1.54) is 86.5 Å². The minimum absolute atomic E-state index is 0.706. The van der Waals surface area contributed by atoms with Crippen molar-refractivity contribution in [3.05, 3.63) is 108 Å². The van der Waals surface area contributed by atoms with Crippen LogP contribution in [0, 0.1) is 11.8 Å². The normalized spacial score (nSPS) is 17.7. The average Bonchev–Trinajstić information content (AvgIpc) is 2.94. The monoisotopic (exact) mass is 498 g/mol. The van der Waals surface area contributed by atoms with E-state index < -0.39 is 0 Å². The lowest BCUT2D eigenvalue weighted by molar-refractivity contribution is 0.125. The van der Waals surface area contributed by atoms with Crippen LogP contribution in [0.4, 0.5) is 0 Å². The molecule has 0 radical (unpaired) electrons. The van der Waals surface area contributed by atoms with Gasteiger partial charge in [0, 0.05) is 0 Å². The lowest BCUT2D eigenvalue weighted by Gasteiger charge is -2.28. The number of hydrogen-bond donors (Lipinski definition) is 0. The van der Waals surface area contributed by atoms with Gasteiger partial charge in [0.05, 0.1) is 13.2 Å². The molecule has 0 heterocycles. The van der Waals surface area contributed by atoms with E-state index in [4.69, 9.17) is 4.74 Å². The van der Waals surface area contributed by atoms with E-state index in [1.54, 1.807) is 0 Å². The van der Waals surface area contributed by atoms with E-state index in [0.717, 1.165) is 44.1 Å². The number of hydrogen-bond acceptors (Lipinski definition) is 1. The maximum Gasteiger partial charge on any atom is 0.0717 e. The van der Waals surface area contributed by atoms with Crippen molar-refractivity contribution in [2.45, 2.75) is 96.5 Å². The molecule has 0 N–H and O–H groups in total. The molecule has 0 amide bonds. The van der Waals surface area contributed by atoms with Gasteiger partial charge in [0.1, 0.15) is 0 Å². The maximum atomic E-state index is 5.66. The fourth-order valence-electron chi connectivity index (χ4n) is 5.48. The van der Waals surface area contributed by atoms with E-state index in [1.807, 2.05) is 12.2 Å². The van der Waals surface area contributed by atoms with Crippen molar-refractivity contribution in [1.29, 1.82) is 0 Å². The van der Waals surface area contributed by atoms with Crippen LogP contribution in [0.5, 0.6) is 0 Å². The molecule has 0 spiro atoms. The summed E-state index contributed by atoms with van der Waals surface area (Å²) < 4.78 is 5.66. The first kappa shape index (κ1) is 29.2. The Morgan fingerprint density at radius 2 is 1.24 bits per heavy atom. The highest BCUT2D eigenvalue weighted by Gasteiger charge is 2.19. The molecule has 1 saturated carbocycles. The van der Waals surface area contributed by atoms with E-state index in [2.05, 4.69) is 73.8 Å². The van der Waals surface area contributed by atoms with Crippen molar-refractivity contribution in [1.82, 2.24) is 0 Å². The Labute approximate surface area is 227 Å². The molecule has 1 aliphatic carbocycles. The third-order valence-electron chi connectivity index (χ3n) is 7.94. The lowest BCUT2D eigenvalue weighted by atomic mass is 9.78. The molecule has 0 unspecified atom stereocenters. The van der Waals surface area contributed by atoms with Gasteiger partial charge in [0.2, 0.25) is 0 Å². The van der Waals surface area contributed by atoms with Gasteiger partial charge in [0.15, 0.2) is 0 Å². The molecule has 1 nitrogen and oxygen atoms in total. The standard InChI is InChI=1S/C36H50O/c1-3-5-7-12-31-17-19-32(20-18-31)13-8-9-14-33-21-23-34(24-22-33)15-10-11-16-35-25-27-36(28-26-35)30-37-29-6-4-2/h3-4,8-9,17-20,25-28,33-34H,1-2,5-7,10-16,21-24,29-30H2/b9-8+. The Morgan fingerprint density at radius 3 is 1.92 bits per heavy atom. The van der Waals surface area contributed by atoms with Gasteiger partial charge in [0.25, 0.3) is 0 Å². The van der Waals surface area contributed by atoms with Gasteiger partial charge in [-0.15, -0.1) is 13.2 Å². The fourth-order valence-corrected chi connectivity index (χ4v) is 5.48. The van der Waals surface area contributed by atoms with Crippen molar-refractivity contribution < 1.29 is 4.74 Å². The number of aryl methyl sites for hydroxylation is 2. The molecule has 0 aromatic heterocycles. The summed E-state index contributed by atoms with van der Waals surface area (Å²) in [5.41, 5.74) is 5.60. The molecule has 1 aliphatic rings. The van der Waals surface area contributed by atoms with E-state index in [-0.39, 0.29) is 0 Å². The highest BCUT2D eigenvalue weighted by Crippen LogP contribution is 2.33. The Hall–Kier alpha value is -2.38. The van der Waals surface area contributed by atoms with Gasteiger partial charge in [-0.1, -0.05) is 98.5 Å². The van der Waals surface area contributed by atoms with Gasteiger partial charge in [-0.2, -0.15) is 0 Å². The molecule has 1 heteroatoms. The molecule has 2 aromatic rings. The van der Waals surface area contributed by atoms with E-state index >= 15 is 0 Å². The summed E-state index contributed by atoms with van der Waals surface area (Å²) in [7, 11) is 0. The van der Waals surface area contributed by atoms with Crippen LogP contribution in [0.1, 0.15) is 92.9 Å². The first-order chi connectivity index (χ1) is 18.3. The molecular weight excluding hydrogens is 448 g/mol. The van der Waals surface area contributed by atoms with Crippen LogP contribution in [-0.2, 0) is 30.6 Å². The fraction of sp³-hybridized carbons (Fsp3) is 0.500. The van der Waals surface area contributed by atoms with Crippen molar-refractivity contribution in [2.24, 2.45) is 11.8 Å². The third-order valence-corrected chi connectivity index (χ3v) is 7.94.